The molecule has 5 N–H and O–H groups in total. The van der Waals surface area contributed by atoms with E-state index >= 15 is 0 Å². The first-order valence-electron chi connectivity index (χ1n) is 6.08. The molecule has 6 heteroatoms. The minimum Gasteiger partial charge on any atom is -0.399 e. The maximum atomic E-state index is 11.4. The number of hydrogen-bond acceptors (Lipinski definition) is 4. The van der Waals surface area contributed by atoms with Crippen LogP contribution in [-0.2, 0) is 16.6 Å². The van der Waals surface area contributed by atoms with E-state index in [1.807, 2.05) is 31.2 Å². The summed E-state index contributed by atoms with van der Waals surface area (Å²) in [6, 6.07) is 12.4. The van der Waals surface area contributed by atoms with Gasteiger partial charge in [-0.05, 0) is 36.2 Å². The van der Waals surface area contributed by atoms with Crippen molar-refractivity contribution in [1.82, 2.24) is 0 Å². The molecule has 0 aromatic heterocycles. The van der Waals surface area contributed by atoms with Gasteiger partial charge < -0.3 is 11.1 Å². The minimum absolute atomic E-state index is 0.00443. The van der Waals surface area contributed by atoms with Crippen LogP contribution in [0.2, 0.25) is 0 Å². The van der Waals surface area contributed by atoms with Crippen molar-refractivity contribution < 1.29 is 8.42 Å². The van der Waals surface area contributed by atoms with Crippen LogP contribution in [0.5, 0.6) is 0 Å². The summed E-state index contributed by atoms with van der Waals surface area (Å²) in [5.41, 5.74) is 8.96. The lowest BCUT2D eigenvalue weighted by Crippen LogP contribution is -2.13. The predicted molar refractivity (Wildman–Crippen MR) is 80.7 cm³/mol. The van der Waals surface area contributed by atoms with Crippen LogP contribution in [0.3, 0.4) is 0 Å². The van der Waals surface area contributed by atoms with Gasteiger partial charge in [0.25, 0.3) is 0 Å². The molecule has 0 fully saturated rings. The van der Waals surface area contributed by atoms with Crippen LogP contribution in [-0.4, -0.2) is 8.42 Å². The number of hydrogen-bond donors (Lipinski definition) is 3. The topological polar surface area (TPSA) is 98.2 Å². The molecule has 2 aromatic carbocycles. The van der Waals surface area contributed by atoms with Crippen LogP contribution in [0.1, 0.15) is 11.1 Å². The Morgan fingerprint density at radius 2 is 1.85 bits per heavy atom. The van der Waals surface area contributed by atoms with Gasteiger partial charge in [-0.25, -0.2) is 13.6 Å². The molecule has 0 amide bonds. The zero-order valence-electron chi connectivity index (χ0n) is 11.1. The van der Waals surface area contributed by atoms with Crippen molar-refractivity contribution in [2.24, 2.45) is 5.14 Å². The first-order chi connectivity index (χ1) is 9.36. The lowest BCUT2D eigenvalue weighted by molar-refractivity contribution is 0.598. The molecule has 106 valence electrons. The molecule has 5 nitrogen and oxygen atoms in total. The third-order valence-corrected chi connectivity index (χ3v) is 3.89. The van der Waals surface area contributed by atoms with Gasteiger partial charge in [0.15, 0.2) is 0 Å². The van der Waals surface area contributed by atoms with Crippen molar-refractivity contribution in [3.05, 3.63) is 53.6 Å². The number of nitrogens with one attached hydrogen (secondary N) is 1. The summed E-state index contributed by atoms with van der Waals surface area (Å²) in [6.07, 6.45) is 0. The predicted octanol–water partition coefficient (Wildman–Crippen LogP) is 1.84. The number of nitrogen functional groups attached to an aromatic ring is 1. The number of sulfonamides is 1. The van der Waals surface area contributed by atoms with E-state index < -0.39 is 10.0 Å². The number of aryl methyl sites for hydroxylation is 1. The van der Waals surface area contributed by atoms with E-state index in [2.05, 4.69) is 5.32 Å². The zero-order valence-corrected chi connectivity index (χ0v) is 11.9. The fourth-order valence-corrected chi connectivity index (χ4v) is 2.49. The Morgan fingerprint density at radius 3 is 2.50 bits per heavy atom. The maximum Gasteiger partial charge on any atom is 0.238 e. The Bertz CT molecular complexity index is 727. The van der Waals surface area contributed by atoms with Crippen molar-refractivity contribution in [3.8, 4) is 0 Å². The van der Waals surface area contributed by atoms with E-state index in [4.69, 9.17) is 10.9 Å². The van der Waals surface area contributed by atoms with Gasteiger partial charge in [0.2, 0.25) is 10.0 Å². The normalized spacial score (nSPS) is 11.3. The lowest BCUT2D eigenvalue weighted by atomic mass is 10.1. The second-order valence-corrected chi connectivity index (χ2v) is 6.18. The summed E-state index contributed by atoms with van der Waals surface area (Å²) in [5, 5.41) is 8.27. The summed E-state index contributed by atoms with van der Waals surface area (Å²) in [5.74, 6) is 0. The molecule has 2 aromatic rings. The van der Waals surface area contributed by atoms with Gasteiger partial charge in [0.1, 0.15) is 0 Å². The molecule has 2 rings (SSSR count). The van der Waals surface area contributed by atoms with Gasteiger partial charge in [0.05, 0.1) is 4.90 Å². The molecular formula is C14H17N3O2S. The third-order valence-electron chi connectivity index (χ3n) is 3.00. The van der Waals surface area contributed by atoms with Crippen LogP contribution in [0.15, 0.2) is 47.4 Å². The van der Waals surface area contributed by atoms with Crippen LogP contribution >= 0.6 is 0 Å². The SMILES string of the molecule is Cc1ccccc1CNc1cc(N)cc(S(N)(=O)=O)c1. The highest BCUT2D eigenvalue weighted by atomic mass is 32.2. The Labute approximate surface area is 118 Å². The largest absolute Gasteiger partial charge is 0.399 e. The zero-order chi connectivity index (χ0) is 14.8. The van der Waals surface area contributed by atoms with E-state index in [-0.39, 0.29) is 4.90 Å². The highest BCUT2D eigenvalue weighted by Crippen LogP contribution is 2.20. The Morgan fingerprint density at radius 1 is 1.15 bits per heavy atom. The highest BCUT2D eigenvalue weighted by Gasteiger charge is 2.10. The maximum absolute atomic E-state index is 11.4. The average Bonchev–Trinajstić information content (AvgIpc) is 2.36. The number of rotatable bonds is 4. The smallest absolute Gasteiger partial charge is 0.238 e. The first-order valence-corrected chi connectivity index (χ1v) is 7.62. The Balaban J connectivity index is 2.22. The van der Waals surface area contributed by atoms with Gasteiger partial charge in [-0.15, -0.1) is 0 Å². The van der Waals surface area contributed by atoms with E-state index in [1.54, 1.807) is 6.07 Å². The van der Waals surface area contributed by atoms with E-state index in [0.29, 0.717) is 17.9 Å². The van der Waals surface area contributed by atoms with Crippen LogP contribution in [0.4, 0.5) is 11.4 Å². The van der Waals surface area contributed by atoms with E-state index in [0.717, 1.165) is 11.1 Å². The summed E-state index contributed by atoms with van der Waals surface area (Å²) in [7, 11) is -3.76. The molecule has 0 radical (unpaired) electrons. The molecule has 0 spiro atoms. The van der Waals surface area contributed by atoms with Crippen molar-refractivity contribution in [2.45, 2.75) is 18.4 Å². The molecule has 0 saturated heterocycles. The van der Waals surface area contributed by atoms with Crippen molar-refractivity contribution in [3.63, 3.8) is 0 Å². The van der Waals surface area contributed by atoms with Crippen LogP contribution in [0, 0.1) is 6.92 Å². The van der Waals surface area contributed by atoms with Gasteiger partial charge >= 0.3 is 0 Å². The standard InChI is InChI=1S/C14H17N3O2S/c1-10-4-2-3-5-11(10)9-17-13-6-12(15)7-14(8-13)20(16,18)19/h2-8,17H,9,15H2,1H3,(H2,16,18,19). The van der Waals surface area contributed by atoms with Gasteiger partial charge in [-0.3, -0.25) is 0 Å². The van der Waals surface area contributed by atoms with Gasteiger partial charge in [-0.1, -0.05) is 24.3 Å². The van der Waals surface area contributed by atoms with Crippen molar-refractivity contribution >= 4 is 21.4 Å². The molecule has 0 aliphatic heterocycles. The minimum atomic E-state index is -3.76. The van der Waals surface area contributed by atoms with E-state index in [1.165, 1.54) is 12.1 Å². The monoisotopic (exact) mass is 291 g/mol. The van der Waals surface area contributed by atoms with Crippen molar-refractivity contribution in [2.75, 3.05) is 11.1 Å². The van der Waals surface area contributed by atoms with Crippen LogP contribution < -0.4 is 16.2 Å². The highest BCUT2D eigenvalue weighted by molar-refractivity contribution is 7.89. The lowest BCUT2D eigenvalue weighted by Gasteiger charge is -2.11. The van der Waals surface area contributed by atoms with Crippen LogP contribution in [0.25, 0.3) is 0 Å². The Kier molecular flexibility index (Phi) is 3.96. The fourth-order valence-electron chi connectivity index (χ4n) is 1.89. The summed E-state index contributed by atoms with van der Waals surface area (Å²) >= 11 is 0. The fraction of sp³-hybridized carbons (Fsp3) is 0.143. The second kappa shape index (κ2) is 5.52. The molecule has 20 heavy (non-hydrogen) atoms. The summed E-state index contributed by atoms with van der Waals surface area (Å²) < 4.78 is 22.7. The average molecular weight is 291 g/mol. The summed E-state index contributed by atoms with van der Waals surface area (Å²) in [4.78, 5) is 0.00443. The molecule has 0 bridgehead atoms. The molecule has 0 aliphatic carbocycles. The number of anilines is 2. The van der Waals surface area contributed by atoms with Gasteiger partial charge in [0, 0.05) is 17.9 Å². The molecule has 0 heterocycles. The number of nitrogens with two attached hydrogens (primary N) is 2. The Hall–Kier alpha value is -2.05. The summed E-state index contributed by atoms with van der Waals surface area (Å²) in [6.45, 7) is 2.60. The quantitative estimate of drug-likeness (QED) is 0.748. The molecule has 0 saturated carbocycles. The molecule has 0 aliphatic rings. The number of benzene rings is 2. The molecule has 0 unspecified atom stereocenters. The first kappa shape index (κ1) is 14.4. The second-order valence-electron chi connectivity index (χ2n) is 4.62. The van der Waals surface area contributed by atoms with E-state index in [9.17, 15) is 8.42 Å². The van der Waals surface area contributed by atoms with Gasteiger partial charge in [-0.2, -0.15) is 0 Å². The molecule has 0 atom stereocenters. The third kappa shape index (κ3) is 3.49. The molecular weight excluding hydrogens is 274 g/mol. The van der Waals surface area contributed by atoms with Crippen molar-refractivity contribution in [1.29, 1.82) is 0 Å². The number of primary sulfonamides is 1.